The van der Waals surface area contributed by atoms with Crippen molar-refractivity contribution in [3.05, 3.63) is 48.5 Å². The Kier molecular flexibility index (Phi) is 1.86. The summed E-state index contributed by atoms with van der Waals surface area (Å²) in [7, 11) is 0. The maximum Gasteiger partial charge on any atom is 0.123 e. The second-order valence-corrected chi connectivity index (χ2v) is 3.41. The van der Waals surface area contributed by atoms with Crippen molar-refractivity contribution < 1.29 is 5.11 Å². The molecule has 0 aliphatic heterocycles. The van der Waals surface area contributed by atoms with Crippen LogP contribution in [0.5, 0.6) is 5.75 Å². The molecule has 0 fully saturated rings. The smallest absolute Gasteiger partial charge is 0.123 e. The van der Waals surface area contributed by atoms with Crippen molar-refractivity contribution in [1.29, 1.82) is 0 Å². The number of phenolic OH excluding ortho intramolecular Hbond substituents is 1. The summed E-state index contributed by atoms with van der Waals surface area (Å²) in [6.07, 6.45) is 0. The summed E-state index contributed by atoms with van der Waals surface area (Å²) in [5.41, 5.74) is 2.46. The van der Waals surface area contributed by atoms with Gasteiger partial charge in [-0.05, 0) is 30.3 Å². The second-order valence-electron chi connectivity index (χ2n) is 3.41. The van der Waals surface area contributed by atoms with E-state index in [9.17, 15) is 0 Å². The van der Waals surface area contributed by atoms with Crippen LogP contribution in [-0.4, -0.2) is 20.1 Å². The van der Waals surface area contributed by atoms with Crippen LogP contribution >= 0.6 is 0 Å². The summed E-state index contributed by atoms with van der Waals surface area (Å²) in [5.74, 6) is 0.112. The zero-order valence-corrected chi connectivity index (χ0v) is 8.33. The molecule has 4 heteroatoms. The summed E-state index contributed by atoms with van der Waals surface area (Å²) in [5, 5.41) is 17.8. The SMILES string of the molecule is Oc1[c]cc(-n2nc3ccccc3n2)cc1. The maximum absolute atomic E-state index is 9.14. The van der Waals surface area contributed by atoms with Crippen molar-refractivity contribution in [2.24, 2.45) is 0 Å². The van der Waals surface area contributed by atoms with Gasteiger partial charge in [-0.2, -0.15) is 4.80 Å². The molecule has 3 rings (SSSR count). The molecular weight excluding hydrogens is 202 g/mol. The van der Waals surface area contributed by atoms with Crippen molar-refractivity contribution in [1.82, 2.24) is 15.0 Å². The monoisotopic (exact) mass is 210 g/mol. The molecule has 2 aromatic carbocycles. The van der Waals surface area contributed by atoms with E-state index in [-0.39, 0.29) is 5.75 Å². The lowest BCUT2D eigenvalue weighted by Gasteiger charge is -1.97. The minimum Gasteiger partial charge on any atom is -0.507 e. The quantitative estimate of drug-likeness (QED) is 0.667. The van der Waals surface area contributed by atoms with Gasteiger partial charge in [-0.15, -0.1) is 10.2 Å². The molecule has 1 radical (unpaired) electrons. The van der Waals surface area contributed by atoms with Gasteiger partial charge in [0.25, 0.3) is 0 Å². The van der Waals surface area contributed by atoms with Gasteiger partial charge in [0.2, 0.25) is 0 Å². The molecular formula is C12H8N3O. The highest BCUT2D eigenvalue weighted by Crippen LogP contribution is 2.14. The third-order valence-electron chi connectivity index (χ3n) is 2.30. The lowest BCUT2D eigenvalue weighted by molar-refractivity contribution is 0.474. The molecule has 0 spiro atoms. The van der Waals surface area contributed by atoms with Crippen LogP contribution in [0.4, 0.5) is 0 Å². The van der Waals surface area contributed by atoms with Crippen LogP contribution in [0.25, 0.3) is 16.7 Å². The van der Waals surface area contributed by atoms with Crippen molar-refractivity contribution in [2.75, 3.05) is 0 Å². The Morgan fingerprint density at radius 2 is 1.69 bits per heavy atom. The van der Waals surface area contributed by atoms with E-state index in [0.717, 1.165) is 16.7 Å². The minimum absolute atomic E-state index is 0.112. The standard InChI is InChI=1S/C12H8N3O/c16-10-7-5-9(6-8-10)15-13-11-3-1-2-4-12(11)14-15/h1-7,16H. The average molecular weight is 210 g/mol. The van der Waals surface area contributed by atoms with Crippen LogP contribution < -0.4 is 0 Å². The Morgan fingerprint density at radius 3 is 2.25 bits per heavy atom. The zero-order chi connectivity index (χ0) is 11.0. The van der Waals surface area contributed by atoms with Gasteiger partial charge in [0.1, 0.15) is 16.8 Å². The Balaban J connectivity index is 2.15. The normalized spacial score (nSPS) is 10.8. The third kappa shape index (κ3) is 1.40. The molecule has 0 atom stereocenters. The molecule has 77 valence electrons. The van der Waals surface area contributed by atoms with E-state index in [2.05, 4.69) is 16.3 Å². The molecule has 1 heterocycles. The van der Waals surface area contributed by atoms with Crippen LogP contribution in [-0.2, 0) is 0 Å². The number of aromatic hydroxyl groups is 1. The third-order valence-corrected chi connectivity index (χ3v) is 2.30. The molecule has 0 aliphatic rings. The summed E-state index contributed by atoms with van der Waals surface area (Å²) in [6, 6.07) is 15.3. The molecule has 4 nitrogen and oxygen atoms in total. The van der Waals surface area contributed by atoms with Gasteiger partial charge < -0.3 is 5.11 Å². The molecule has 0 amide bonds. The van der Waals surface area contributed by atoms with Crippen molar-refractivity contribution in [2.45, 2.75) is 0 Å². The zero-order valence-electron chi connectivity index (χ0n) is 8.33. The van der Waals surface area contributed by atoms with Crippen LogP contribution in [0.15, 0.2) is 42.5 Å². The number of benzene rings is 2. The Hall–Kier alpha value is -2.36. The summed E-state index contributed by atoms with van der Waals surface area (Å²) >= 11 is 0. The summed E-state index contributed by atoms with van der Waals surface area (Å²) in [4.78, 5) is 1.53. The van der Waals surface area contributed by atoms with Gasteiger partial charge in [-0.25, -0.2) is 0 Å². The lowest BCUT2D eigenvalue weighted by atomic mass is 10.3. The van der Waals surface area contributed by atoms with Crippen LogP contribution in [0.1, 0.15) is 0 Å². The molecule has 0 unspecified atom stereocenters. The highest BCUT2D eigenvalue weighted by atomic mass is 16.3. The predicted molar refractivity (Wildman–Crippen MR) is 59.4 cm³/mol. The molecule has 0 saturated carbocycles. The molecule has 1 aromatic heterocycles. The molecule has 1 N–H and O–H groups in total. The van der Waals surface area contributed by atoms with Crippen molar-refractivity contribution >= 4 is 11.0 Å². The first kappa shape index (κ1) is 8.91. The highest BCUT2D eigenvalue weighted by Gasteiger charge is 2.03. The Morgan fingerprint density at radius 1 is 1.00 bits per heavy atom. The average Bonchev–Trinajstić information content (AvgIpc) is 2.73. The lowest BCUT2D eigenvalue weighted by Crippen LogP contribution is -1.97. The van der Waals surface area contributed by atoms with Gasteiger partial charge in [0, 0.05) is 6.07 Å². The highest BCUT2D eigenvalue weighted by molar-refractivity contribution is 5.73. The first-order valence-corrected chi connectivity index (χ1v) is 4.86. The molecule has 0 aliphatic carbocycles. The summed E-state index contributed by atoms with van der Waals surface area (Å²) < 4.78 is 0. The molecule has 16 heavy (non-hydrogen) atoms. The fourth-order valence-electron chi connectivity index (χ4n) is 1.51. The first-order chi connectivity index (χ1) is 7.83. The molecule has 3 aromatic rings. The number of phenols is 1. The first-order valence-electron chi connectivity index (χ1n) is 4.86. The van der Waals surface area contributed by atoms with Gasteiger partial charge in [0.05, 0.1) is 5.69 Å². The van der Waals surface area contributed by atoms with E-state index in [0.29, 0.717) is 0 Å². The molecule has 0 saturated heterocycles. The van der Waals surface area contributed by atoms with Crippen molar-refractivity contribution in [3.8, 4) is 11.4 Å². The van der Waals surface area contributed by atoms with E-state index in [1.54, 1.807) is 18.2 Å². The van der Waals surface area contributed by atoms with Gasteiger partial charge >= 0.3 is 0 Å². The van der Waals surface area contributed by atoms with E-state index in [1.807, 2.05) is 24.3 Å². The van der Waals surface area contributed by atoms with Gasteiger partial charge in [-0.1, -0.05) is 12.1 Å². The number of nitrogens with zero attached hydrogens (tertiary/aromatic N) is 3. The van der Waals surface area contributed by atoms with E-state index in [4.69, 9.17) is 5.11 Å². The van der Waals surface area contributed by atoms with E-state index in [1.165, 1.54) is 4.80 Å². The van der Waals surface area contributed by atoms with Crippen molar-refractivity contribution in [3.63, 3.8) is 0 Å². The summed E-state index contributed by atoms with van der Waals surface area (Å²) in [6.45, 7) is 0. The Bertz CT molecular complexity index is 595. The number of fused-ring (bicyclic) bond motifs is 1. The molecule has 0 bridgehead atoms. The van der Waals surface area contributed by atoms with Crippen LogP contribution in [0.2, 0.25) is 0 Å². The number of hydrogen-bond acceptors (Lipinski definition) is 3. The van der Waals surface area contributed by atoms with E-state index < -0.39 is 0 Å². The van der Waals surface area contributed by atoms with Crippen LogP contribution in [0.3, 0.4) is 0 Å². The fourth-order valence-corrected chi connectivity index (χ4v) is 1.51. The van der Waals surface area contributed by atoms with Gasteiger partial charge in [-0.3, -0.25) is 0 Å². The Labute approximate surface area is 91.8 Å². The topological polar surface area (TPSA) is 50.9 Å². The predicted octanol–water partition coefficient (Wildman–Crippen LogP) is 1.93. The van der Waals surface area contributed by atoms with E-state index >= 15 is 0 Å². The second kappa shape index (κ2) is 3.34. The largest absolute Gasteiger partial charge is 0.507 e. The number of aromatic nitrogens is 3. The van der Waals surface area contributed by atoms with Crippen LogP contribution in [0, 0.1) is 6.07 Å². The minimum atomic E-state index is 0.112. The van der Waals surface area contributed by atoms with Gasteiger partial charge in [0.15, 0.2) is 0 Å². The number of rotatable bonds is 1. The maximum atomic E-state index is 9.14. The number of hydrogen-bond donors (Lipinski definition) is 1. The fraction of sp³-hybridized carbons (Fsp3) is 0.